The van der Waals surface area contributed by atoms with Crippen LogP contribution in [0.4, 0.5) is 0 Å². The van der Waals surface area contributed by atoms with Crippen molar-refractivity contribution >= 4 is 5.97 Å². The lowest BCUT2D eigenvalue weighted by Gasteiger charge is -2.18. The van der Waals surface area contributed by atoms with Crippen LogP contribution in [0.2, 0.25) is 0 Å². The van der Waals surface area contributed by atoms with Crippen molar-refractivity contribution in [1.29, 1.82) is 0 Å². The van der Waals surface area contributed by atoms with Crippen molar-refractivity contribution in [2.75, 3.05) is 27.3 Å². The quantitative estimate of drug-likeness (QED) is 0.790. The zero-order valence-electron chi connectivity index (χ0n) is 13.1. The van der Waals surface area contributed by atoms with Gasteiger partial charge in [0.1, 0.15) is 6.04 Å². The van der Waals surface area contributed by atoms with E-state index in [4.69, 9.17) is 20.3 Å². The number of nitrogens with two attached hydrogens (primary N) is 1. The van der Waals surface area contributed by atoms with Crippen molar-refractivity contribution < 1.29 is 19.4 Å². The second-order valence-electron chi connectivity index (χ2n) is 5.76. The first-order valence-corrected chi connectivity index (χ1v) is 7.45. The fourth-order valence-corrected chi connectivity index (χ4v) is 2.95. The zero-order valence-corrected chi connectivity index (χ0v) is 13.1. The van der Waals surface area contributed by atoms with Crippen LogP contribution in [0, 0.1) is 5.92 Å². The molecule has 0 spiro atoms. The van der Waals surface area contributed by atoms with E-state index in [0.29, 0.717) is 12.3 Å². The molecule has 0 bridgehead atoms. The molecule has 3 N–H and O–H groups in total. The van der Waals surface area contributed by atoms with Crippen LogP contribution in [-0.2, 0) is 11.3 Å². The summed E-state index contributed by atoms with van der Waals surface area (Å²) in [4.78, 5) is 13.1. The highest BCUT2D eigenvalue weighted by molar-refractivity contribution is 5.73. The van der Waals surface area contributed by atoms with Gasteiger partial charge < -0.3 is 20.3 Å². The number of hydrogen-bond acceptors (Lipinski definition) is 5. The monoisotopic (exact) mass is 308 g/mol. The van der Waals surface area contributed by atoms with E-state index in [9.17, 15) is 4.79 Å². The Balaban J connectivity index is 1.91. The van der Waals surface area contributed by atoms with Gasteiger partial charge in [-0.3, -0.25) is 9.69 Å². The Morgan fingerprint density at radius 1 is 1.41 bits per heavy atom. The molecule has 0 radical (unpaired) electrons. The van der Waals surface area contributed by atoms with Crippen molar-refractivity contribution in [3.63, 3.8) is 0 Å². The van der Waals surface area contributed by atoms with E-state index in [-0.39, 0.29) is 0 Å². The lowest BCUT2D eigenvalue weighted by molar-refractivity contribution is -0.138. The molecule has 1 fully saturated rings. The smallest absolute Gasteiger partial charge is 0.320 e. The number of carboxylic acid groups (broad SMARTS) is 1. The van der Waals surface area contributed by atoms with Gasteiger partial charge in [-0.1, -0.05) is 6.07 Å². The fraction of sp³-hybridized carbons (Fsp3) is 0.562. The van der Waals surface area contributed by atoms with E-state index in [1.807, 2.05) is 18.2 Å². The molecule has 6 nitrogen and oxygen atoms in total. The summed E-state index contributed by atoms with van der Waals surface area (Å²) in [6.07, 6.45) is 1.53. The Morgan fingerprint density at radius 2 is 2.14 bits per heavy atom. The first kappa shape index (κ1) is 16.6. The molecule has 0 saturated carbocycles. The zero-order chi connectivity index (χ0) is 16.1. The minimum Gasteiger partial charge on any atom is -0.493 e. The number of nitrogens with zero attached hydrogens (tertiary/aromatic N) is 1. The number of hydrogen-bond donors (Lipinski definition) is 2. The van der Waals surface area contributed by atoms with Gasteiger partial charge in [-0.05, 0) is 43.0 Å². The van der Waals surface area contributed by atoms with Crippen LogP contribution in [0.3, 0.4) is 0 Å². The molecular weight excluding hydrogens is 284 g/mol. The molecule has 122 valence electrons. The lowest BCUT2D eigenvalue weighted by atomic mass is 10.00. The number of ether oxygens (including phenoxy) is 2. The van der Waals surface area contributed by atoms with E-state index >= 15 is 0 Å². The van der Waals surface area contributed by atoms with Gasteiger partial charge in [-0.2, -0.15) is 0 Å². The second-order valence-corrected chi connectivity index (χ2v) is 5.76. The summed E-state index contributed by atoms with van der Waals surface area (Å²) >= 11 is 0. The van der Waals surface area contributed by atoms with E-state index in [2.05, 4.69) is 4.90 Å². The second kappa shape index (κ2) is 7.47. The number of carboxylic acids is 1. The van der Waals surface area contributed by atoms with E-state index in [1.165, 1.54) is 0 Å². The molecule has 2 atom stereocenters. The molecule has 0 amide bonds. The van der Waals surface area contributed by atoms with E-state index in [1.54, 1.807) is 14.2 Å². The van der Waals surface area contributed by atoms with Gasteiger partial charge in [0.05, 0.1) is 14.2 Å². The van der Waals surface area contributed by atoms with Crippen molar-refractivity contribution in [3.05, 3.63) is 23.8 Å². The van der Waals surface area contributed by atoms with Crippen molar-refractivity contribution in [2.45, 2.75) is 25.4 Å². The van der Waals surface area contributed by atoms with E-state index in [0.717, 1.165) is 43.1 Å². The predicted molar refractivity (Wildman–Crippen MR) is 83.2 cm³/mol. The Kier molecular flexibility index (Phi) is 5.63. The third-order valence-corrected chi connectivity index (χ3v) is 4.13. The van der Waals surface area contributed by atoms with Crippen LogP contribution in [0.15, 0.2) is 18.2 Å². The summed E-state index contributed by atoms with van der Waals surface area (Å²) in [7, 11) is 3.25. The summed E-state index contributed by atoms with van der Waals surface area (Å²) < 4.78 is 10.6. The number of aliphatic carboxylic acids is 1. The van der Waals surface area contributed by atoms with Gasteiger partial charge in [-0.15, -0.1) is 0 Å². The standard InChI is InChI=1S/C16H24N2O4/c1-21-14-4-3-11(8-15(14)22-2)9-18-6-5-12(10-18)7-13(17)16(19)20/h3-4,8,12-13H,5-7,9-10,17H2,1-2H3,(H,19,20). The van der Waals surface area contributed by atoms with Crippen molar-refractivity contribution in [1.82, 2.24) is 4.90 Å². The Bertz CT molecular complexity index is 521. The van der Waals surface area contributed by atoms with E-state index < -0.39 is 12.0 Å². The molecule has 1 aromatic carbocycles. The summed E-state index contributed by atoms with van der Waals surface area (Å²) in [5.74, 6) is 0.881. The van der Waals surface area contributed by atoms with Gasteiger partial charge in [-0.25, -0.2) is 0 Å². The van der Waals surface area contributed by atoms with Gasteiger partial charge in [0.15, 0.2) is 11.5 Å². The third-order valence-electron chi connectivity index (χ3n) is 4.13. The number of carbonyl (C=O) groups is 1. The molecule has 0 aromatic heterocycles. The highest BCUT2D eigenvalue weighted by Crippen LogP contribution is 2.29. The lowest BCUT2D eigenvalue weighted by Crippen LogP contribution is -2.33. The highest BCUT2D eigenvalue weighted by atomic mass is 16.5. The Labute approximate surface area is 130 Å². The minimum atomic E-state index is -0.918. The van der Waals surface area contributed by atoms with Gasteiger partial charge in [0.25, 0.3) is 0 Å². The highest BCUT2D eigenvalue weighted by Gasteiger charge is 2.26. The largest absolute Gasteiger partial charge is 0.493 e. The van der Waals surface area contributed by atoms with Crippen LogP contribution < -0.4 is 15.2 Å². The van der Waals surface area contributed by atoms with Gasteiger partial charge in [0.2, 0.25) is 0 Å². The average Bonchev–Trinajstić information content (AvgIpc) is 2.94. The molecule has 22 heavy (non-hydrogen) atoms. The number of methoxy groups -OCH3 is 2. The fourth-order valence-electron chi connectivity index (χ4n) is 2.95. The predicted octanol–water partition coefficient (Wildman–Crippen LogP) is 1.33. The first-order valence-electron chi connectivity index (χ1n) is 7.45. The third kappa shape index (κ3) is 4.11. The van der Waals surface area contributed by atoms with Crippen LogP contribution >= 0.6 is 0 Å². The number of benzene rings is 1. The summed E-state index contributed by atoms with van der Waals surface area (Å²) in [5, 5.41) is 8.89. The molecule has 1 saturated heterocycles. The Hall–Kier alpha value is -1.79. The maximum absolute atomic E-state index is 10.8. The molecule has 2 rings (SSSR count). The molecule has 1 aliphatic heterocycles. The molecule has 1 aliphatic rings. The molecular formula is C16H24N2O4. The molecule has 1 aromatic rings. The van der Waals surface area contributed by atoms with Crippen LogP contribution in [0.1, 0.15) is 18.4 Å². The molecule has 0 aliphatic carbocycles. The summed E-state index contributed by atoms with van der Waals surface area (Å²) in [6, 6.07) is 5.15. The number of rotatable bonds is 7. The molecule has 1 heterocycles. The average molecular weight is 308 g/mol. The van der Waals surface area contributed by atoms with Crippen molar-refractivity contribution in [3.8, 4) is 11.5 Å². The number of likely N-dealkylation sites (tertiary alicyclic amines) is 1. The topological polar surface area (TPSA) is 85.0 Å². The minimum absolute atomic E-state index is 0.353. The van der Waals surface area contributed by atoms with Crippen LogP contribution in [0.25, 0.3) is 0 Å². The van der Waals surface area contributed by atoms with Gasteiger partial charge >= 0.3 is 5.97 Å². The first-order chi connectivity index (χ1) is 10.5. The normalized spacial score (nSPS) is 19.9. The van der Waals surface area contributed by atoms with Crippen LogP contribution in [0.5, 0.6) is 11.5 Å². The van der Waals surface area contributed by atoms with Crippen LogP contribution in [-0.4, -0.2) is 49.3 Å². The summed E-state index contributed by atoms with van der Waals surface area (Å²) in [6.45, 7) is 2.67. The Morgan fingerprint density at radius 3 is 2.77 bits per heavy atom. The maximum atomic E-state index is 10.8. The summed E-state index contributed by atoms with van der Waals surface area (Å²) in [5.41, 5.74) is 6.77. The SMILES string of the molecule is COc1ccc(CN2CCC(CC(N)C(=O)O)C2)cc1OC. The van der Waals surface area contributed by atoms with Gasteiger partial charge in [0, 0.05) is 13.1 Å². The molecule has 2 unspecified atom stereocenters. The molecule has 6 heteroatoms. The maximum Gasteiger partial charge on any atom is 0.320 e. The van der Waals surface area contributed by atoms with Crippen molar-refractivity contribution in [2.24, 2.45) is 11.7 Å².